The van der Waals surface area contributed by atoms with E-state index >= 15 is 0 Å². The van der Waals surface area contributed by atoms with Crippen molar-refractivity contribution < 1.29 is 10.2 Å². The number of aliphatic imine (C=N–C) groups is 4. The fourth-order valence-corrected chi connectivity index (χ4v) is 7.32. The molecule has 264 valence electrons. The minimum absolute atomic E-state index is 0.0868. The minimum atomic E-state index is 0.0868. The van der Waals surface area contributed by atoms with Gasteiger partial charge in [0.15, 0.2) is 0 Å². The molecule has 1 aliphatic heterocycles. The summed E-state index contributed by atoms with van der Waals surface area (Å²) in [7, 11) is 0. The number of β-amino-alcohol motifs (C(OH)–C–C–N with tert-alkyl or cyclic N) is 2. The summed E-state index contributed by atoms with van der Waals surface area (Å²) < 4.78 is 0. The Kier molecular flexibility index (Phi) is 11.8. The summed E-state index contributed by atoms with van der Waals surface area (Å²) in [4.78, 5) is 24.2. The Morgan fingerprint density at radius 3 is 0.769 bits per heavy atom. The lowest BCUT2D eigenvalue weighted by Gasteiger charge is -2.19. The molecule has 0 radical (unpaired) electrons. The van der Waals surface area contributed by atoms with E-state index in [-0.39, 0.29) is 13.2 Å². The van der Waals surface area contributed by atoms with Crippen molar-refractivity contribution in [3.63, 3.8) is 0 Å². The summed E-state index contributed by atoms with van der Waals surface area (Å²) in [6, 6.07) is 33.9. The molecule has 1 aliphatic rings. The summed E-state index contributed by atoms with van der Waals surface area (Å²) in [6.45, 7) is 6.65. The first kappa shape index (κ1) is 35.3. The van der Waals surface area contributed by atoms with E-state index in [0.717, 1.165) is 91.5 Å². The first-order chi connectivity index (χ1) is 25.8. The molecule has 4 bridgehead atoms. The van der Waals surface area contributed by atoms with E-state index < -0.39 is 0 Å². The van der Waals surface area contributed by atoms with Gasteiger partial charge in [-0.25, -0.2) is 0 Å². The van der Waals surface area contributed by atoms with Crippen LogP contribution < -0.4 is 0 Å². The maximum atomic E-state index is 9.86. The van der Waals surface area contributed by atoms with Gasteiger partial charge in [0.1, 0.15) is 0 Å². The van der Waals surface area contributed by atoms with Crippen molar-refractivity contribution in [2.75, 3.05) is 78.7 Å². The third-order valence-electron chi connectivity index (χ3n) is 9.92. The molecule has 0 spiro atoms. The van der Waals surface area contributed by atoms with Crippen LogP contribution in [0.3, 0.4) is 0 Å². The van der Waals surface area contributed by atoms with Crippen LogP contribution in [0.2, 0.25) is 0 Å². The molecule has 0 saturated heterocycles. The van der Waals surface area contributed by atoms with Gasteiger partial charge in [-0.2, -0.15) is 0 Å². The first-order valence-electron chi connectivity index (χ1n) is 18.3. The molecule has 52 heavy (non-hydrogen) atoms. The number of hydrogen-bond donors (Lipinski definition) is 2. The molecule has 2 N–H and O–H groups in total. The van der Waals surface area contributed by atoms with Crippen molar-refractivity contribution in [2.45, 2.75) is 0 Å². The molecule has 6 aromatic carbocycles. The topological polar surface area (TPSA) is 96.4 Å². The number of aliphatic hydroxyl groups excluding tert-OH is 2. The van der Waals surface area contributed by atoms with E-state index in [1.165, 1.54) is 0 Å². The molecule has 0 saturated carbocycles. The van der Waals surface area contributed by atoms with Crippen molar-refractivity contribution >= 4 is 67.9 Å². The minimum Gasteiger partial charge on any atom is -0.395 e. The van der Waals surface area contributed by atoms with E-state index in [0.29, 0.717) is 39.3 Å². The Labute approximate surface area is 305 Å². The van der Waals surface area contributed by atoms with Crippen LogP contribution in [0.25, 0.3) is 43.1 Å². The third kappa shape index (κ3) is 7.86. The normalized spacial score (nSPS) is 15.9. The van der Waals surface area contributed by atoms with Crippen LogP contribution in [0.4, 0.5) is 0 Å². The van der Waals surface area contributed by atoms with Gasteiger partial charge in [-0.3, -0.25) is 29.8 Å². The zero-order valence-electron chi connectivity index (χ0n) is 29.6. The van der Waals surface area contributed by atoms with Gasteiger partial charge in [-0.15, -0.1) is 0 Å². The van der Waals surface area contributed by atoms with Crippen LogP contribution >= 0.6 is 0 Å². The molecule has 0 unspecified atom stereocenters. The Hall–Kier alpha value is -5.12. The van der Waals surface area contributed by atoms with E-state index in [4.69, 9.17) is 20.0 Å². The quantitative estimate of drug-likeness (QED) is 0.213. The number of aliphatic hydroxyl groups is 2. The fourth-order valence-electron chi connectivity index (χ4n) is 7.32. The van der Waals surface area contributed by atoms with Crippen LogP contribution in [-0.4, -0.2) is 124 Å². The zero-order valence-corrected chi connectivity index (χ0v) is 29.6. The lowest BCUT2D eigenvalue weighted by Crippen LogP contribution is -2.32. The predicted molar refractivity (Wildman–Crippen MR) is 220 cm³/mol. The van der Waals surface area contributed by atoms with Gasteiger partial charge in [0, 0.05) is 86.4 Å². The van der Waals surface area contributed by atoms with Crippen LogP contribution in [0.5, 0.6) is 0 Å². The average Bonchev–Trinajstić information content (AvgIpc) is 3.18. The van der Waals surface area contributed by atoms with Crippen molar-refractivity contribution in [1.29, 1.82) is 0 Å². The Morgan fingerprint density at radius 1 is 0.365 bits per heavy atom. The van der Waals surface area contributed by atoms with Gasteiger partial charge in [0.05, 0.1) is 39.4 Å². The molecular weight excluding hydrogens is 645 g/mol. The van der Waals surface area contributed by atoms with Gasteiger partial charge in [-0.05, 0) is 43.1 Å². The molecule has 0 fully saturated rings. The second-order valence-corrected chi connectivity index (χ2v) is 13.1. The molecular formula is C44H46N6O2. The maximum Gasteiger partial charge on any atom is 0.0558 e. The van der Waals surface area contributed by atoms with E-state index in [2.05, 4.69) is 107 Å². The van der Waals surface area contributed by atoms with Gasteiger partial charge in [0.25, 0.3) is 0 Å². The Morgan fingerprint density at radius 2 is 0.577 bits per heavy atom. The average molecular weight is 691 g/mol. The van der Waals surface area contributed by atoms with Crippen LogP contribution in [0.15, 0.2) is 117 Å². The molecule has 0 amide bonds. The highest BCUT2D eigenvalue weighted by Gasteiger charge is 2.14. The second kappa shape index (κ2) is 17.4. The van der Waals surface area contributed by atoms with Crippen molar-refractivity contribution in [3.05, 3.63) is 119 Å². The lowest BCUT2D eigenvalue weighted by molar-refractivity contribution is 0.203. The number of benzene rings is 6. The molecule has 0 aromatic heterocycles. The van der Waals surface area contributed by atoms with Crippen molar-refractivity contribution in [3.8, 4) is 0 Å². The van der Waals surface area contributed by atoms with Gasteiger partial charge in [-0.1, -0.05) is 97.1 Å². The summed E-state index contributed by atoms with van der Waals surface area (Å²) in [5, 5.41) is 28.8. The summed E-state index contributed by atoms with van der Waals surface area (Å²) >= 11 is 0. The Balaban J connectivity index is 1.25. The Bertz CT molecular complexity index is 1850. The monoisotopic (exact) mass is 690 g/mol. The fraction of sp³-hybridized carbons (Fsp3) is 0.273. The SMILES string of the molecule is OCCN1CCN=Cc2c3ccccc3c(c3ccccc23)C=NCCN(CCO)CCN=Cc2c3ccccc3c(c3ccccc23)C=NCC1. The lowest BCUT2D eigenvalue weighted by atomic mass is 9.92. The standard InChI is InChI=1S/C44H46N6O2/c51-27-25-49-21-17-45-29-41-33-9-1-2-10-34(33)42(36-12-4-3-11-35(36)41)30-46-18-22-50(26-28-52)24-20-48-32-44-39-15-7-5-13-37(39)43(31-47-19-23-49)38-14-6-8-16-40(38)44/h1-16,29-32,51-52H,17-28H2. The van der Waals surface area contributed by atoms with E-state index in [1.807, 2.05) is 24.9 Å². The molecule has 1 heterocycles. The number of hydrogen-bond acceptors (Lipinski definition) is 8. The maximum absolute atomic E-state index is 9.86. The first-order valence-corrected chi connectivity index (χ1v) is 18.3. The van der Waals surface area contributed by atoms with Crippen molar-refractivity contribution in [2.24, 2.45) is 20.0 Å². The zero-order chi connectivity index (χ0) is 35.5. The molecule has 8 heteroatoms. The predicted octanol–water partition coefficient (Wildman–Crippen LogP) is 6.28. The van der Waals surface area contributed by atoms with Crippen molar-refractivity contribution in [1.82, 2.24) is 9.80 Å². The number of rotatable bonds is 4. The summed E-state index contributed by atoms with van der Waals surface area (Å²) in [6.07, 6.45) is 8.06. The van der Waals surface area contributed by atoms with E-state index in [9.17, 15) is 10.2 Å². The van der Waals surface area contributed by atoms with Gasteiger partial charge >= 0.3 is 0 Å². The molecule has 6 aromatic rings. The summed E-state index contributed by atoms with van der Waals surface area (Å²) in [5.41, 5.74) is 4.40. The van der Waals surface area contributed by atoms with Crippen LogP contribution in [-0.2, 0) is 0 Å². The van der Waals surface area contributed by atoms with Crippen LogP contribution in [0.1, 0.15) is 22.3 Å². The highest BCUT2D eigenvalue weighted by Crippen LogP contribution is 2.32. The van der Waals surface area contributed by atoms with E-state index in [1.54, 1.807) is 0 Å². The van der Waals surface area contributed by atoms with Crippen LogP contribution in [0, 0.1) is 0 Å². The molecule has 0 aliphatic carbocycles. The smallest absolute Gasteiger partial charge is 0.0558 e. The molecule has 8 nitrogen and oxygen atoms in total. The highest BCUT2D eigenvalue weighted by molar-refractivity contribution is 6.22. The van der Waals surface area contributed by atoms with Gasteiger partial charge < -0.3 is 10.2 Å². The third-order valence-corrected chi connectivity index (χ3v) is 9.92. The molecule has 7 rings (SSSR count). The number of nitrogens with zero attached hydrogens (tertiary/aromatic N) is 6. The largest absolute Gasteiger partial charge is 0.395 e. The van der Waals surface area contributed by atoms with Gasteiger partial charge in [0.2, 0.25) is 0 Å². The number of fused-ring (bicyclic) bond motifs is 6. The summed E-state index contributed by atoms with van der Waals surface area (Å²) in [5.74, 6) is 0. The highest BCUT2D eigenvalue weighted by atomic mass is 16.3. The molecule has 0 atom stereocenters. The second-order valence-electron chi connectivity index (χ2n) is 13.1.